The molecule has 0 aliphatic carbocycles. The summed E-state index contributed by atoms with van der Waals surface area (Å²) in [6, 6.07) is 13.2. The molecule has 0 aliphatic rings. The number of halogens is 3. The van der Waals surface area contributed by atoms with E-state index in [2.05, 4.69) is 10.6 Å². The van der Waals surface area contributed by atoms with Crippen LogP contribution in [0.5, 0.6) is 0 Å². The maximum Gasteiger partial charge on any atom is 0.171 e. The van der Waals surface area contributed by atoms with E-state index in [0.717, 1.165) is 5.56 Å². The van der Waals surface area contributed by atoms with Crippen LogP contribution in [0.15, 0.2) is 42.5 Å². The molecule has 0 bridgehead atoms. The highest BCUT2D eigenvalue weighted by Gasteiger charge is 2.09. The molecule has 104 valence electrons. The summed E-state index contributed by atoms with van der Waals surface area (Å²) in [6.07, 6.45) is 0. The van der Waals surface area contributed by atoms with Gasteiger partial charge in [0.25, 0.3) is 0 Å². The van der Waals surface area contributed by atoms with Gasteiger partial charge in [-0.05, 0) is 29.9 Å². The van der Waals surface area contributed by atoms with Crippen molar-refractivity contribution in [3.63, 3.8) is 0 Å². The predicted octanol–water partition coefficient (Wildman–Crippen LogP) is 5.13. The zero-order chi connectivity index (χ0) is 14.5. The first-order valence-electron chi connectivity index (χ1n) is 5.79. The number of rotatable bonds is 3. The number of hydrogen-bond acceptors (Lipinski definition) is 1. The molecule has 2 aromatic rings. The highest BCUT2D eigenvalue weighted by molar-refractivity contribution is 7.80. The van der Waals surface area contributed by atoms with E-state index in [-0.39, 0.29) is 0 Å². The average Bonchev–Trinajstić information content (AvgIpc) is 2.42. The van der Waals surface area contributed by atoms with Gasteiger partial charge < -0.3 is 10.6 Å². The van der Waals surface area contributed by atoms with E-state index >= 15 is 0 Å². The number of nitrogens with one attached hydrogen (secondary N) is 2. The van der Waals surface area contributed by atoms with E-state index in [9.17, 15) is 0 Å². The van der Waals surface area contributed by atoms with Crippen molar-refractivity contribution in [1.82, 2.24) is 5.32 Å². The molecule has 2 N–H and O–H groups in total. The topological polar surface area (TPSA) is 24.1 Å². The van der Waals surface area contributed by atoms with Gasteiger partial charge in [0.05, 0.1) is 15.7 Å². The molecule has 0 radical (unpaired) electrons. The Kier molecular flexibility index (Phi) is 5.49. The highest BCUT2D eigenvalue weighted by Crippen LogP contribution is 2.33. The minimum atomic E-state index is 0.423. The molecular weight excluding hydrogens is 335 g/mol. The van der Waals surface area contributed by atoms with Crippen LogP contribution in [0.1, 0.15) is 5.56 Å². The van der Waals surface area contributed by atoms with Crippen molar-refractivity contribution in [1.29, 1.82) is 0 Å². The molecule has 0 heterocycles. The Morgan fingerprint density at radius 1 is 1.00 bits per heavy atom. The van der Waals surface area contributed by atoms with E-state index < -0.39 is 0 Å². The zero-order valence-corrected chi connectivity index (χ0v) is 13.4. The van der Waals surface area contributed by atoms with Crippen LogP contribution in [-0.2, 0) is 6.54 Å². The van der Waals surface area contributed by atoms with E-state index in [1.165, 1.54) is 0 Å². The standard InChI is InChI=1S/C14H11Cl3N2S/c15-10-6-11(16)13(12(17)7-10)19-14(20)18-8-9-4-2-1-3-5-9/h1-7H,8H2,(H2,18,19,20). The van der Waals surface area contributed by atoms with Gasteiger partial charge in [0.15, 0.2) is 5.11 Å². The Morgan fingerprint density at radius 2 is 1.60 bits per heavy atom. The van der Waals surface area contributed by atoms with Gasteiger partial charge in [0.1, 0.15) is 0 Å². The Bertz CT molecular complexity index is 594. The zero-order valence-electron chi connectivity index (χ0n) is 10.3. The first-order valence-corrected chi connectivity index (χ1v) is 7.34. The lowest BCUT2D eigenvalue weighted by Crippen LogP contribution is -2.28. The second-order valence-corrected chi connectivity index (χ2v) is 5.70. The van der Waals surface area contributed by atoms with Crippen molar-refractivity contribution in [2.24, 2.45) is 0 Å². The molecule has 0 saturated heterocycles. The molecule has 0 fully saturated rings. The van der Waals surface area contributed by atoms with Crippen molar-refractivity contribution >= 4 is 57.8 Å². The molecule has 0 spiro atoms. The van der Waals surface area contributed by atoms with Gasteiger partial charge in [-0.1, -0.05) is 65.1 Å². The molecule has 0 amide bonds. The van der Waals surface area contributed by atoms with Crippen molar-refractivity contribution in [3.05, 3.63) is 63.1 Å². The van der Waals surface area contributed by atoms with Crippen LogP contribution < -0.4 is 10.6 Å². The third-order valence-electron chi connectivity index (χ3n) is 2.54. The third kappa shape index (κ3) is 4.25. The fourth-order valence-electron chi connectivity index (χ4n) is 1.60. The van der Waals surface area contributed by atoms with Crippen LogP contribution in [0.4, 0.5) is 5.69 Å². The molecule has 0 aromatic heterocycles. The predicted molar refractivity (Wildman–Crippen MR) is 91.0 cm³/mol. The van der Waals surface area contributed by atoms with Crippen molar-refractivity contribution < 1.29 is 0 Å². The molecule has 2 rings (SSSR count). The molecule has 0 unspecified atom stereocenters. The van der Waals surface area contributed by atoms with Crippen molar-refractivity contribution in [3.8, 4) is 0 Å². The summed E-state index contributed by atoms with van der Waals surface area (Å²) >= 11 is 23.2. The van der Waals surface area contributed by atoms with Crippen molar-refractivity contribution in [2.75, 3.05) is 5.32 Å². The molecule has 6 heteroatoms. The second-order valence-electron chi connectivity index (χ2n) is 4.04. The Balaban J connectivity index is 1.98. The number of anilines is 1. The van der Waals surface area contributed by atoms with Crippen LogP contribution in [0.2, 0.25) is 15.1 Å². The molecule has 2 nitrogen and oxygen atoms in total. The lowest BCUT2D eigenvalue weighted by molar-refractivity contribution is 0.926. The molecule has 0 atom stereocenters. The SMILES string of the molecule is S=C(NCc1ccccc1)Nc1c(Cl)cc(Cl)cc1Cl. The van der Waals surface area contributed by atoms with Gasteiger partial charge in [-0.3, -0.25) is 0 Å². The molecule has 2 aromatic carbocycles. The van der Waals surface area contributed by atoms with Gasteiger partial charge in [-0.15, -0.1) is 0 Å². The largest absolute Gasteiger partial charge is 0.358 e. The van der Waals surface area contributed by atoms with Crippen LogP contribution in [0.3, 0.4) is 0 Å². The molecule has 0 saturated carbocycles. The summed E-state index contributed by atoms with van der Waals surface area (Å²) < 4.78 is 0. The number of hydrogen-bond donors (Lipinski definition) is 2. The summed E-state index contributed by atoms with van der Waals surface area (Å²) in [7, 11) is 0. The minimum Gasteiger partial charge on any atom is -0.358 e. The fourth-order valence-corrected chi connectivity index (χ4v) is 2.68. The molecule has 0 aliphatic heterocycles. The Labute approximate surface area is 138 Å². The van der Waals surface area contributed by atoms with Crippen molar-refractivity contribution in [2.45, 2.75) is 6.54 Å². The normalized spacial score (nSPS) is 10.2. The van der Waals surface area contributed by atoms with Gasteiger partial charge >= 0.3 is 0 Å². The first-order chi connectivity index (χ1) is 9.56. The monoisotopic (exact) mass is 344 g/mol. The van der Waals surface area contributed by atoms with E-state index in [0.29, 0.717) is 32.4 Å². The van der Waals surface area contributed by atoms with Crippen LogP contribution in [0, 0.1) is 0 Å². The number of thiocarbonyl (C=S) groups is 1. The summed E-state index contributed by atoms with van der Waals surface area (Å²) in [5.74, 6) is 0. The highest BCUT2D eigenvalue weighted by atomic mass is 35.5. The summed E-state index contributed by atoms with van der Waals surface area (Å²) in [5.41, 5.74) is 1.67. The summed E-state index contributed by atoms with van der Waals surface area (Å²) in [4.78, 5) is 0. The minimum absolute atomic E-state index is 0.423. The van der Waals surface area contributed by atoms with Crippen LogP contribution in [-0.4, -0.2) is 5.11 Å². The van der Waals surface area contributed by atoms with Crippen LogP contribution in [0.25, 0.3) is 0 Å². The lowest BCUT2D eigenvalue weighted by Gasteiger charge is -2.13. The van der Waals surface area contributed by atoms with E-state index in [1.807, 2.05) is 30.3 Å². The third-order valence-corrected chi connectivity index (χ3v) is 3.60. The van der Waals surface area contributed by atoms with Gasteiger partial charge in [0.2, 0.25) is 0 Å². The second kappa shape index (κ2) is 7.14. The lowest BCUT2D eigenvalue weighted by atomic mass is 10.2. The Hall–Kier alpha value is -1.000. The Morgan fingerprint density at radius 3 is 2.20 bits per heavy atom. The van der Waals surface area contributed by atoms with E-state index in [4.69, 9.17) is 47.0 Å². The van der Waals surface area contributed by atoms with Crippen LogP contribution >= 0.6 is 47.0 Å². The summed E-state index contributed by atoms with van der Waals surface area (Å²) in [6.45, 7) is 0.621. The maximum atomic E-state index is 6.08. The fraction of sp³-hybridized carbons (Fsp3) is 0.0714. The summed E-state index contributed by atoms with van der Waals surface area (Å²) in [5, 5.41) is 7.83. The number of benzene rings is 2. The van der Waals surface area contributed by atoms with Gasteiger partial charge in [0, 0.05) is 11.6 Å². The smallest absolute Gasteiger partial charge is 0.171 e. The molecular formula is C14H11Cl3N2S. The van der Waals surface area contributed by atoms with E-state index in [1.54, 1.807) is 12.1 Å². The van der Waals surface area contributed by atoms with Gasteiger partial charge in [-0.25, -0.2) is 0 Å². The van der Waals surface area contributed by atoms with Gasteiger partial charge in [-0.2, -0.15) is 0 Å². The quantitative estimate of drug-likeness (QED) is 0.754. The first kappa shape index (κ1) is 15.4. The average molecular weight is 346 g/mol. The molecule has 20 heavy (non-hydrogen) atoms. The maximum absolute atomic E-state index is 6.08.